The quantitative estimate of drug-likeness (QED) is 0.864. The highest BCUT2D eigenvalue weighted by Crippen LogP contribution is 2.41. The molecule has 0 aliphatic carbocycles. The summed E-state index contributed by atoms with van der Waals surface area (Å²) in [7, 11) is -4.50. The van der Waals surface area contributed by atoms with E-state index in [2.05, 4.69) is 10.3 Å². The van der Waals surface area contributed by atoms with E-state index in [-0.39, 0.29) is 6.54 Å². The molecule has 2 aliphatic rings. The molecule has 1 atom stereocenters. The highest BCUT2D eigenvalue weighted by molar-refractivity contribution is 7.89. The largest absolute Gasteiger partial charge is 0.434 e. The molecule has 1 spiro atoms. The number of hydrogen-bond acceptors (Lipinski definition) is 4. The molecule has 3 rings (SSSR count). The number of alkyl halides is 3. The normalized spacial score (nSPS) is 25.9. The fourth-order valence-corrected chi connectivity index (χ4v) is 5.47. The third kappa shape index (κ3) is 2.57. The molecule has 24 heavy (non-hydrogen) atoms. The minimum Gasteiger partial charge on any atom is -0.354 e. The van der Waals surface area contributed by atoms with Gasteiger partial charge in [-0.25, -0.2) is 8.42 Å². The molecule has 2 fully saturated rings. The van der Waals surface area contributed by atoms with Crippen molar-refractivity contribution in [3.8, 4) is 0 Å². The van der Waals surface area contributed by atoms with Crippen molar-refractivity contribution < 1.29 is 26.4 Å². The van der Waals surface area contributed by atoms with E-state index in [0.29, 0.717) is 32.2 Å². The van der Waals surface area contributed by atoms with Gasteiger partial charge >= 0.3 is 6.18 Å². The van der Waals surface area contributed by atoms with Crippen LogP contribution in [0.2, 0.25) is 0 Å². The molecule has 2 aliphatic heterocycles. The fourth-order valence-electron chi connectivity index (χ4n) is 3.47. The summed E-state index contributed by atoms with van der Waals surface area (Å²) < 4.78 is 66.2. The van der Waals surface area contributed by atoms with Crippen LogP contribution in [0.4, 0.5) is 13.2 Å². The van der Waals surface area contributed by atoms with E-state index in [4.69, 9.17) is 0 Å². The number of rotatable bonds is 2. The zero-order chi connectivity index (χ0) is 17.6. The van der Waals surface area contributed by atoms with Crippen LogP contribution >= 0.6 is 0 Å². The van der Waals surface area contributed by atoms with Gasteiger partial charge in [-0.05, 0) is 37.8 Å². The van der Waals surface area contributed by atoms with Crippen LogP contribution in [0.5, 0.6) is 0 Å². The molecule has 0 radical (unpaired) electrons. The van der Waals surface area contributed by atoms with Crippen LogP contribution in [0.25, 0.3) is 0 Å². The SMILES string of the molecule is O=C1NCCCC12CCCN2S(=O)(=O)c1cccnc1C(F)(F)F. The smallest absolute Gasteiger partial charge is 0.354 e. The van der Waals surface area contributed by atoms with Gasteiger partial charge in [-0.1, -0.05) is 0 Å². The predicted octanol–water partition coefficient (Wildman–Crippen LogP) is 1.53. The zero-order valence-corrected chi connectivity index (χ0v) is 13.5. The number of pyridine rings is 1. The first-order valence-electron chi connectivity index (χ1n) is 7.53. The zero-order valence-electron chi connectivity index (χ0n) is 12.6. The van der Waals surface area contributed by atoms with E-state index in [0.717, 1.165) is 22.6 Å². The van der Waals surface area contributed by atoms with Crippen molar-refractivity contribution in [1.29, 1.82) is 0 Å². The van der Waals surface area contributed by atoms with E-state index in [1.54, 1.807) is 0 Å². The summed E-state index contributed by atoms with van der Waals surface area (Å²) in [5.41, 5.74) is -2.75. The van der Waals surface area contributed by atoms with Crippen LogP contribution in [-0.2, 0) is 21.0 Å². The molecule has 0 aromatic carbocycles. The summed E-state index contributed by atoms with van der Waals surface area (Å²) in [6.45, 7) is 0.455. The van der Waals surface area contributed by atoms with Crippen molar-refractivity contribution in [2.75, 3.05) is 13.1 Å². The number of nitrogens with one attached hydrogen (secondary N) is 1. The fraction of sp³-hybridized carbons (Fsp3) is 0.571. The number of carbonyl (C=O) groups is 1. The number of hydrogen-bond donors (Lipinski definition) is 1. The minimum atomic E-state index is -4.90. The summed E-state index contributed by atoms with van der Waals surface area (Å²) in [6, 6.07) is 2.03. The molecular formula is C14H16F3N3O3S. The molecule has 0 saturated carbocycles. The average molecular weight is 363 g/mol. The molecule has 1 aromatic rings. The maximum atomic E-state index is 13.2. The Morgan fingerprint density at radius 2 is 1.96 bits per heavy atom. The van der Waals surface area contributed by atoms with E-state index >= 15 is 0 Å². The number of aromatic nitrogens is 1. The van der Waals surface area contributed by atoms with Crippen molar-refractivity contribution in [3.63, 3.8) is 0 Å². The van der Waals surface area contributed by atoms with Crippen LogP contribution in [0.3, 0.4) is 0 Å². The number of amides is 1. The number of halogens is 3. The second-order valence-corrected chi connectivity index (χ2v) is 7.75. The van der Waals surface area contributed by atoms with Gasteiger partial charge in [-0.15, -0.1) is 0 Å². The monoisotopic (exact) mass is 363 g/mol. The second kappa shape index (κ2) is 5.69. The average Bonchev–Trinajstić information content (AvgIpc) is 2.95. The van der Waals surface area contributed by atoms with Crippen LogP contribution in [-0.4, -0.2) is 42.2 Å². The van der Waals surface area contributed by atoms with Gasteiger partial charge in [0.05, 0.1) is 0 Å². The summed E-state index contributed by atoms with van der Waals surface area (Å²) in [5, 5.41) is 2.63. The summed E-state index contributed by atoms with van der Waals surface area (Å²) >= 11 is 0. The van der Waals surface area contributed by atoms with Crippen molar-refractivity contribution in [1.82, 2.24) is 14.6 Å². The standard InChI is InChI=1S/C14H16F3N3O3S/c15-14(16,17)11-10(4-1-7-18-11)24(22,23)20-9-3-6-13(20)5-2-8-19-12(13)21/h1,4,7H,2-3,5-6,8-9H2,(H,19,21). The van der Waals surface area contributed by atoms with Crippen LogP contribution in [0, 0.1) is 0 Å². The molecule has 3 heterocycles. The lowest BCUT2D eigenvalue weighted by atomic mass is 9.88. The maximum absolute atomic E-state index is 13.2. The van der Waals surface area contributed by atoms with Crippen LogP contribution in [0.15, 0.2) is 23.2 Å². The third-order valence-electron chi connectivity index (χ3n) is 4.51. The lowest BCUT2D eigenvalue weighted by Gasteiger charge is -2.39. The van der Waals surface area contributed by atoms with Gasteiger partial charge in [-0.3, -0.25) is 9.78 Å². The molecule has 10 heteroatoms. The Kier molecular flexibility index (Phi) is 4.07. The van der Waals surface area contributed by atoms with Crippen molar-refractivity contribution in [2.24, 2.45) is 0 Å². The Morgan fingerprint density at radius 1 is 1.25 bits per heavy atom. The van der Waals surface area contributed by atoms with Crippen LogP contribution < -0.4 is 5.32 Å². The Bertz CT molecular complexity index is 766. The van der Waals surface area contributed by atoms with Crippen molar-refractivity contribution >= 4 is 15.9 Å². The predicted molar refractivity (Wildman–Crippen MR) is 77.3 cm³/mol. The van der Waals surface area contributed by atoms with Gasteiger partial charge in [0.1, 0.15) is 10.4 Å². The Labute approximate surface area is 137 Å². The molecule has 1 unspecified atom stereocenters. The van der Waals surface area contributed by atoms with Crippen LogP contribution in [0.1, 0.15) is 31.4 Å². The maximum Gasteiger partial charge on any atom is 0.434 e. The molecule has 2 saturated heterocycles. The Balaban J connectivity index is 2.10. The molecular weight excluding hydrogens is 347 g/mol. The summed E-state index contributed by atoms with van der Waals surface area (Å²) in [5.74, 6) is -0.438. The number of piperidine rings is 1. The molecule has 0 bridgehead atoms. The number of nitrogens with zero attached hydrogens (tertiary/aromatic N) is 2. The van der Waals surface area contributed by atoms with Gasteiger partial charge in [0.15, 0.2) is 5.69 Å². The first-order valence-corrected chi connectivity index (χ1v) is 8.97. The van der Waals surface area contributed by atoms with Crippen molar-refractivity contribution in [2.45, 2.75) is 42.3 Å². The second-order valence-electron chi connectivity index (χ2n) is 5.92. The molecule has 1 aromatic heterocycles. The minimum absolute atomic E-state index is 0.0158. The molecule has 1 N–H and O–H groups in total. The third-order valence-corrected chi connectivity index (χ3v) is 6.51. The van der Waals surface area contributed by atoms with E-state index in [9.17, 15) is 26.4 Å². The van der Waals surface area contributed by atoms with E-state index in [1.165, 1.54) is 0 Å². The first kappa shape index (κ1) is 17.2. The van der Waals surface area contributed by atoms with Gasteiger partial charge in [-0.2, -0.15) is 17.5 Å². The highest BCUT2D eigenvalue weighted by Gasteiger charge is 2.54. The molecule has 132 valence electrons. The van der Waals surface area contributed by atoms with Gasteiger partial charge in [0, 0.05) is 19.3 Å². The molecule has 1 amide bonds. The van der Waals surface area contributed by atoms with Gasteiger partial charge in [0.25, 0.3) is 0 Å². The van der Waals surface area contributed by atoms with Gasteiger partial charge in [0.2, 0.25) is 15.9 Å². The summed E-state index contributed by atoms with van der Waals surface area (Å²) in [6.07, 6.45) is -2.38. The highest BCUT2D eigenvalue weighted by atomic mass is 32.2. The van der Waals surface area contributed by atoms with Crippen molar-refractivity contribution in [3.05, 3.63) is 24.0 Å². The first-order chi connectivity index (χ1) is 11.2. The van der Waals surface area contributed by atoms with E-state index < -0.39 is 38.2 Å². The topological polar surface area (TPSA) is 79.4 Å². The number of carbonyl (C=O) groups excluding carboxylic acids is 1. The molecule has 6 nitrogen and oxygen atoms in total. The lowest BCUT2D eigenvalue weighted by Crippen LogP contribution is -2.60. The van der Waals surface area contributed by atoms with Gasteiger partial charge < -0.3 is 5.32 Å². The lowest BCUT2D eigenvalue weighted by molar-refractivity contribution is -0.143. The number of sulfonamides is 1. The Morgan fingerprint density at radius 3 is 2.62 bits per heavy atom. The Hall–Kier alpha value is -1.68. The van der Waals surface area contributed by atoms with E-state index in [1.807, 2.05) is 0 Å². The summed E-state index contributed by atoms with van der Waals surface area (Å²) in [4.78, 5) is 14.6.